The number of aliphatic hydroxyl groups excluding tert-OH is 1. The predicted octanol–water partition coefficient (Wildman–Crippen LogP) is 1.32. The van der Waals surface area contributed by atoms with Gasteiger partial charge in [0.1, 0.15) is 5.69 Å². The summed E-state index contributed by atoms with van der Waals surface area (Å²) in [5.74, 6) is 0.0930. The lowest BCUT2D eigenvalue weighted by Crippen LogP contribution is -2.50. The molecule has 1 N–H and O–H groups in total. The third-order valence-electron chi connectivity index (χ3n) is 4.35. The lowest BCUT2D eigenvalue weighted by molar-refractivity contribution is 0.0546. The SMILES string of the molecule is C[C@@H](O)CN1CCN(C(=O)c2cc3ccccc3n2C)CC1. The fraction of sp³-hybridized carbons (Fsp3) is 0.471. The fourth-order valence-corrected chi connectivity index (χ4v) is 3.16. The average Bonchev–Trinajstić information content (AvgIpc) is 2.84. The van der Waals surface area contributed by atoms with E-state index in [0.29, 0.717) is 19.6 Å². The number of para-hydroxylation sites is 1. The van der Waals surface area contributed by atoms with Crippen LogP contribution in [0.2, 0.25) is 0 Å². The van der Waals surface area contributed by atoms with Crippen LogP contribution in [0.25, 0.3) is 10.9 Å². The Kier molecular flexibility index (Phi) is 4.18. The quantitative estimate of drug-likeness (QED) is 0.930. The van der Waals surface area contributed by atoms with Gasteiger partial charge in [-0.15, -0.1) is 0 Å². The minimum absolute atomic E-state index is 0.0930. The van der Waals surface area contributed by atoms with Crippen molar-refractivity contribution in [1.29, 1.82) is 0 Å². The molecule has 0 radical (unpaired) electrons. The summed E-state index contributed by atoms with van der Waals surface area (Å²) in [6.07, 6.45) is -0.319. The van der Waals surface area contributed by atoms with E-state index in [2.05, 4.69) is 4.90 Å². The van der Waals surface area contributed by atoms with Crippen LogP contribution in [0.15, 0.2) is 30.3 Å². The van der Waals surface area contributed by atoms with Gasteiger partial charge in [-0.2, -0.15) is 0 Å². The molecule has 0 bridgehead atoms. The molecule has 2 aromatic rings. The second-order valence-electron chi connectivity index (χ2n) is 6.09. The first-order valence-corrected chi connectivity index (χ1v) is 7.80. The van der Waals surface area contributed by atoms with Crippen molar-refractivity contribution in [3.05, 3.63) is 36.0 Å². The Hall–Kier alpha value is -1.85. The monoisotopic (exact) mass is 301 g/mol. The van der Waals surface area contributed by atoms with Gasteiger partial charge >= 0.3 is 0 Å². The first kappa shape index (κ1) is 15.1. The van der Waals surface area contributed by atoms with Crippen LogP contribution in [0.5, 0.6) is 0 Å². The summed E-state index contributed by atoms with van der Waals surface area (Å²) >= 11 is 0. The van der Waals surface area contributed by atoms with Crippen molar-refractivity contribution in [2.45, 2.75) is 13.0 Å². The van der Waals surface area contributed by atoms with Gasteiger partial charge in [-0.3, -0.25) is 9.69 Å². The topological polar surface area (TPSA) is 48.7 Å². The molecule has 1 aromatic carbocycles. The molecule has 5 heteroatoms. The van der Waals surface area contributed by atoms with E-state index < -0.39 is 0 Å². The van der Waals surface area contributed by atoms with Gasteiger partial charge in [0.25, 0.3) is 5.91 Å². The largest absolute Gasteiger partial charge is 0.392 e. The minimum Gasteiger partial charge on any atom is -0.392 e. The number of hydrogen-bond donors (Lipinski definition) is 1. The highest BCUT2D eigenvalue weighted by Crippen LogP contribution is 2.20. The van der Waals surface area contributed by atoms with Crippen molar-refractivity contribution in [3.63, 3.8) is 0 Å². The number of fused-ring (bicyclic) bond motifs is 1. The number of aliphatic hydroxyl groups is 1. The number of hydrogen-bond acceptors (Lipinski definition) is 3. The van der Waals surface area contributed by atoms with Gasteiger partial charge < -0.3 is 14.6 Å². The van der Waals surface area contributed by atoms with E-state index in [1.54, 1.807) is 6.92 Å². The number of amides is 1. The molecule has 0 spiro atoms. The molecule has 118 valence electrons. The molecule has 1 aliphatic rings. The molecule has 1 atom stereocenters. The molecule has 0 unspecified atom stereocenters. The van der Waals surface area contributed by atoms with Crippen LogP contribution >= 0.6 is 0 Å². The lowest BCUT2D eigenvalue weighted by atomic mass is 10.2. The second kappa shape index (κ2) is 6.10. The first-order chi connectivity index (χ1) is 10.6. The Morgan fingerprint density at radius 2 is 1.91 bits per heavy atom. The number of nitrogens with zero attached hydrogens (tertiary/aromatic N) is 3. The summed E-state index contributed by atoms with van der Waals surface area (Å²) in [5, 5.41) is 10.5. The van der Waals surface area contributed by atoms with Crippen LogP contribution in [-0.4, -0.2) is 64.2 Å². The van der Waals surface area contributed by atoms with E-state index in [-0.39, 0.29) is 12.0 Å². The normalized spacial score (nSPS) is 17.9. The maximum Gasteiger partial charge on any atom is 0.270 e. The van der Waals surface area contributed by atoms with E-state index in [4.69, 9.17) is 0 Å². The molecular weight excluding hydrogens is 278 g/mol. The molecule has 22 heavy (non-hydrogen) atoms. The van der Waals surface area contributed by atoms with Gasteiger partial charge in [-0.1, -0.05) is 18.2 Å². The van der Waals surface area contributed by atoms with Gasteiger partial charge in [0.15, 0.2) is 0 Å². The number of benzene rings is 1. The van der Waals surface area contributed by atoms with Gasteiger partial charge in [0, 0.05) is 50.7 Å². The Bertz CT molecular complexity index is 670. The smallest absolute Gasteiger partial charge is 0.270 e. The Labute approximate surface area is 130 Å². The van der Waals surface area contributed by atoms with Crippen LogP contribution in [0.4, 0.5) is 0 Å². The molecule has 0 aliphatic carbocycles. The Balaban J connectivity index is 1.73. The summed E-state index contributed by atoms with van der Waals surface area (Å²) in [6.45, 7) is 5.55. The highest BCUT2D eigenvalue weighted by molar-refractivity contribution is 5.98. The number of carbonyl (C=O) groups excluding carboxylic acids is 1. The number of aromatic nitrogens is 1. The first-order valence-electron chi connectivity index (χ1n) is 7.80. The van der Waals surface area contributed by atoms with Crippen molar-refractivity contribution < 1.29 is 9.90 Å². The number of piperazine rings is 1. The third-order valence-corrected chi connectivity index (χ3v) is 4.35. The maximum atomic E-state index is 12.8. The molecule has 3 rings (SSSR count). The zero-order valence-corrected chi connectivity index (χ0v) is 13.2. The van der Waals surface area contributed by atoms with Crippen molar-refractivity contribution in [2.24, 2.45) is 7.05 Å². The number of carbonyl (C=O) groups is 1. The summed E-state index contributed by atoms with van der Waals surface area (Å²) in [5.41, 5.74) is 1.82. The Morgan fingerprint density at radius 1 is 1.23 bits per heavy atom. The van der Waals surface area contributed by atoms with E-state index >= 15 is 0 Å². The summed E-state index contributed by atoms with van der Waals surface area (Å²) < 4.78 is 1.97. The number of β-amino-alcohol motifs (C(OH)–C–C–N with tert-alkyl or cyclic N) is 1. The van der Waals surface area contributed by atoms with Crippen molar-refractivity contribution in [2.75, 3.05) is 32.7 Å². The highest BCUT2D eigenvalue weighted by Gasteiger charge is 2.24. The average molecular weight is 301 g/mol. The zero-order chi connectivity index (χ0) is 15.7. The standard InChI is InChI=1S/C17H23N3O2/c1-13(21)12-19-7-9-20(10-8-19)17(22)16-11-14-5-3-4-6-15(14)18(16)2/h3-6,11,13,21H,7-10,12H2,1-2H3/t13-/m1/s1. The van der Waals surface area contributed by atoms with Crippen LogP contribution in [0, 0.1) is 0 Å². The van der Waals surface area contributed by atoms with Crippen LogP contribution in [0.3, 0.4) is 0 Å². The summed E-state index contributed by atoms with van der Waals surface area (Å²) in [7, 11) is 1.94. The predicted molar refractivity (Wildman–Crippen MR) is 86.9 cm³/mol. The molecule has 1 aliphatic heterocycles. The molecule has 2 heterocycles. The van der Waals surface area contributed by atoms with E-state index in [1.807, 2.05) is 46.8 Å². The van der Waals surface area contributed by atoms with Crippen LogP contribution in [-0.2, 0) is 7.05 Å². The zero-order valence-electron chi connectivity index (χ0n) is 13.2. The van der Waals surface area contributed by atoms with Gasteiger partial charge in [-0.05, 0) is 19.1 Å². The van der Waals surface area contributed by atoms with Crippen LogP contribution in [0.1, 0.15) is 17.4 Å². The third kappa shape index (κ3) is 2.87. The second-order valence-corrected chi connectivity index (χ2v) is 6.09. The molecule has 1 fully saturated rings. The van der Waals surface area contributed by atoms with E-state index in [0.717, 1.165) is 29.7 Å². The lowest BCUT2D eigenvalue weighted by Gasteiger charge is -2.35. The van der Waals surface area contributed by atoms with E-state index in [9.17, 15) is 9.90 Å². The van der Waals surface area contributed by atoms with Gasteiger partial charge in [0.05, 0.1) is 6.10 Å². The summed E-state index contributed by atoms with van der Waals surface area (Å²) in [6, 6.07) is 10.0. The highest BCUT2D eigenvalue weighted by atomic mass is 16.3. The minimum atomic E-state index is -0.319. The molecule has 1 aromatic heterocycles. The fourth-order valence-electron chi connectivity index (χ4n) is 3.16. The van der Waals surface area contributed by atoms with Gasteiger partial charge in [-0.25, -0.2) is 0 Å². The molecule has 1 amide bonds. The number of aryl methyl sites for hydroxylation is 1. The van der Waals surface area contributed by atoms with Gasteiger partial charge in [0.2, 0.25) is 0 Å². The summed E-state index contributed by atoms with van der Waals surface area (Å²) in [4.78, 5) is 16.9. The maximum absolute atomic E-state index is 12.8. The Morgan fingerprint density at radius 3 is 2.55 bits per heavy atom. The van der Waals surface area contributed by atoms with Crippen molar-refractivity contribution in [3.8, 4) is 0 Å². The van der Waals surface area contributed by atoms with Crippen molar-refractivity contribution in [1.82, 2.24) is 14.4 Å². The van der Waals surface area contributed by atoms with Crippen molar-refractivity contribution >= 4 is 16.8 Å². The van der Waals surface area contributed by atoms with E-state index in [1.165, 1.54) is 0 Å². The molecular formula is C17H23N3O2. The number of rotatable bonds is 3. The molecule has 1 saturated heterocycles. The molecule has 5 nitrogen and oxygen atoms in total. The molecule has 0 saturated carbocycles. The van der Waals surface area contributed by atoms with Crippen LogP contribution < -0.4 is 0 Å².